The lowest BCUT2D eigenvalue weighted by atomic mass is 10.0. The van der Waals surface area contributed by atoms with Gasteiger partial charge in [0.05, 0.1) is 0 Å². The smallest absolute Gasteiger partial charge is 0.0463 e. The molecule has 1 saturated carbocycles. The molecule has 0 amide bonds. The van der Waals surface area contributed by atoms with Crippen molar-refractivity contribution in [3.63, 3.8) is 0 Å². The van der Waals surface area contributed by atoms with E-state index in [1.807, 2.05) is 12.1 Å². The molecule has 0 radical (unpaired) electrons. The normalized spacial score (nSPS) is 17.8. The summed E-state index contributed by atoms with van der Waals surface area (Å²) in [5.74, 6) is 6.41. The molecule has 1 fully saturated rings. The highest BCUT2D eigenvalue weighted by atomic mass is 79.9. The minimum atomic E-state index is 0.215. The van der Waals surface area contributed by atoms with Gasteiger partial charge in [-0.2, -0.15) is 0 Å². The van der Waals surface area contributed by atoms with Gasteiger partial charge in [0.1, 0.15) is 0 Å². The van der Waals surface area contributed by atoms with Crippen molar-refractivity contribution in [2.45, 2.75) is 25.3 Å². The summed E-state index contributed by atoms with van der Waals surface area (Å²) in [6.45, 7) is 0. The van der Waals surface area contributed by atoms with Crippen LogP contribution in [0.3, 0.4) is 0 Å². The highest BCUT2D eigenvalue weighted by Gasteiger charge is 2.25. The Kier molecular flexibility index (Phi) is 3.67. The van der Waals surface area contributed by atoms with E-state index in [4.69, 9.17) is 17.4 Å². The lowest BCUT2D eigenvalue weighted by Gasteiger charge is -2.16. The SMILES string of the molecule is NNC(CC1CC1)c1cc(Cl)cc(Br)c1. The van der Waals surface area contributed by atoms with E-state index in [-0.39, 0.29) is 6.04 Å². The van der Waals surface area contributed by atoms with Crippen LogP contribution in [0.4, 0.5) is 0 Å². The minimum Gasteiger partial charge on any atom is -0.271 e. The summed E-state index contributed by atoms with van der Waals surface area (Å²) in [6, 6.07) is 6.14. The van der Waals surface area contributed by atoms with Gasteiger partial charge in [-0.1, -0.05) is 40.4 Å². The second-order valence-electron chi connectivity index (χ2n) is 4.10. The van der Waals surface area contributed by atoms with Gasteiger partial charge in [-0.05, 0) is 36.1 Å². The van der Waals surface area contributed by atoms with E-state index in [1.54, 1.807) is 0 Å². The van der Waals surface area contributed by atoms with E-state index >= 15 is 0 Å². The molecule has 1 aromatic carbocycles. The van der Waals surface area contributed by atoms with Crippen LogP contribution in [-0.4, -0.2) is 0 Å². The van der Waals surface area contributed by atoms with Crippen LogP contribution in [0, 0.1) is 5.92 Å². The number of benzene rings is 1. The predicted octanol–water partition coefficient (Wildman–Crippen LogP) is 3.41. The zero-order chi connectivity index (χ0) is 10.8. The fourth-order valence-corrected chi connectivity index (χ4v) is 2.65. The first-order valence-corrected chi connectivity index (χ1v) is 6.28. The van der Waals surface area contributed by atoms with Crippen molar-refractivity contribution < 1.29 is 0 Å². The summed E-state index contributed by atoms with van der Waals surface area (Å²) in [7, 11) is 0. The molecule has 82 valence electrons. The molecule has 1 aliphatic rings. The van der Waals surface area contributed by atoms with Crippen LogP contribution in [-0.2, 0) is 0 Å². The number of hydrogen-bond acceptors (Lipinski definition) is 2. The Morgan fingerprint density at radius 1 is 1.47 bits per heavy atom. The van der Waals surface area contributed by atoms with Crippen LogP contribution in [0.25, 0.3) is 0 Å². The van der Waals surface area contributed by atoms with Gasteiger partial charge in [0, 0.05) is 15.5 Å². The van der Waals surface area contributed by atoms with Crippen LogP contribution in [0.1, 0.15) is 30.9 Å². The first kappa shape index (κ1) is 11.4. The third kappa shape index (κ3) is 3.18. The molecule has 0 bridgehead atoms. The molecule has 2 nitrogen and oxygen atoms in total. The maximum atomic E-state index is 6.00. The van der Waals surface area contributed by atoms with Crippen LogP contribution >= 0.6 is 27.5 Å². The number of nitrogens with one attached hydrogen (secondary N) is 1. The first-order valence-electron chi connectivity index (χ1n) is 5.11. The fourth-order valence-electron chi connectivity index (χ4n) is 1.76. The van der Waals surface area contributed by atoms with Crippen LogP contribution < -0.4 is 11.3 Å². The van der Waals surface area contributed by atoms with Crippen molar-refractivity contribution >= 4 is 27.5 Å². The van der Waals surface area contributed by atoms with Crippen LogP contribution in [0.15, 0.2) is 22.7 Å². The number of halogens is 2. The summed E-state index contributed by atoms with van der Waals surface area (Å²) in [5, 5.41) is 0.746. The Hall–Kier alpha value is -0.0900. The Morgan fingerprint density at radius 3 is 2.73 bits per heavy atom. The van der Waals surface area contributed by atoms with E-state index in [0.717, 1.165) is 27.4 Å². The van der Waals surface area contributed by atoms with E-state index in [2.05, 4.69) is 27.4 Å². The van der Waals surface area contributed by atoms with Crippen molar-refractivity contribution in [2.24, 2.45) is 11.8 Å². The van der Waals surface area contributed by atoms with Gasteiger partial charge in [0.15, 0.2) is 0 Å². The Labute approximate surface area is 103 Å². The zero-order valence-electron chi connectivity index (χ0n) is 8.34. The van der Waals surface area contributed by atoms with Gasteiger partial charge in [-0.3, -0.25) is 11.3 Å². The summed E-state index contributed by atoms with van der Waals surface area (Å²) >= 11 is 9.44. The highest BCUT2D eigenvalue weighted by Crippen LogP contribution is 2.38. The van der Waals surface area contributed by atoms with Gasteiger partial charge >= 0.3 is 0 Å². The quantitative estimate of drug-likeness (QED) is 0.658. The van der Waals surface area contributed by atoms with E-state index < -0.39 is 0 Å². The Morgan fingerprint density at radius 2 is 2.20 bits per heavy atom. The molecular formula is C11H14BrClN2. The summed E-state index contributed by atoms with van der Waals surface area (Å²) in [4.78, 5) is 0. The number of hydrogen-bond donors (Lipinski definition) is 2. The molecule has 1 aromatic rings. The number of nitrogens with two attached hydrogens (primary N) is 1. The van der Waals surface area contributed by atoms with Crippen molar-refractivity contribution in [2.75, 3.05) is 0 Å². The van der Waals surface area contributed by atoms with Crippen LogP contribution in [0.2, 0.25) is 5.02 Å². The molecule has 4 heteroatoms. The van der Waals surface area contributed by atoms with Crippen molar-refractivity contribution in [3.05, 3.63) is 33.3 Å². The highest BCUT2D eigenvalue weighted by molar-refractivity contribution is 9.10. The monoisotopic (exact) mass is 288 g/mol. The van der Waals surface area contributed by atoms with Gasteiger partial charge in [-0.25, -0.2) is 0 Å². The topological polar surface area (TPSA) is 38.0 Å². The molecule has 0 aromatic heterocycles. The largest absolute Gasteiger partial charge is 0.271 e. The summed E-state index contributed by atoms with van der Waals surface area (Å²) in [5.41, 5.74) is 4.02. The van der Waals surface area contributed by atoms with Gasteiger partial charge < -0.3 is 0 Å². The number of hydrazine groups is 1. The molecule has 1 aliphatic carbocycles. The molecule has 2 rings (SSSR count). The lowest BCUT2D eigenvalue weighted by molar-refractivity contribution is 0.487. The molecule has 0 spiro atoms. The second kappa shape index (κ2) is 4.83. The molecule has 15 heavy (non-hydrogen) atoms. The molecule has 1 unspecified atom stereocenters. The van der Waals surface area contributed by atoms with E-state index in [1.165, 1.54) is 12.8 Å². The molecule has 0 aliphatic heterocycles. The number of rotatable bonds is 4. The minimum absolute atomic E-state index is 0.215. The van der Waals surface area contributed by atoms with Crippen molar-refractivity contribution in [1.82, 2.24) is 5.43 Å². The summed E-state index contributed by atoms with van der Waals surface area (Å²) in [6.07, 6.45) is 3.77. The molecule has 0 heterocycles. The summed E-state index contributed by atoms with van der Waals surface area (Å²) < 4.78 is 1.00. The van der Waals surface area contributed by atoms with E-state index in [0.29, 0.717) is 0 Å². The van der Waals surface area contributed by atoms with Crippen LogP contribution in [0.5, 0.6) is 0 Å². The first-order chi connectivity index (χ1) is 7.19. The average Bonchev–Trinajstić information content (AvgIpc) is 2.96. The lowest BCUT2D eigenvalue weighted by Crippen LogP contribution is -2.28. The Bertz CT molecular complexity index is 332. The molecule has 1 atom stereocenters. The van der Waals surface area contributed by atoms with Gasteiger partial charge in [0.25, 0.3) is 0 Å². The fraction of sp³-hybridized carbons (Fsp3) is 0.455. The predicted molar refractivity (Wildman–Crippen MR) is 66.6 cm³/mol. The zero-order valence-corrected chi connectivity index (χ0v) is 10.7. The maximum Gasteiger partial charge on any atom is 0.0463 e. The third-order valence-electron chi connectivity index (χ3n) is 2.75. The molecule has 3 N–H and O–H groups in total. The maximum absolute atomic E-state index is 6.00. The van der Waals surface area contributed by atoms with Gasteiger partial charge in [0.2, 0.25) is 0 Å². The molecular weight excluding hydrogens is 275 g/mol. The third-order valence-corrected chi connectivity index (χ3v) is 3.43. The Balaban J connectivity index is 2.16. The molecule has 0 saturated heterocycles. The van der Waals surface area contributed by atoms with E-state index in [9.17, 15) is 0 Å². The van der Waals surface area contributed by atoms with Crippen molar-refractivity contribution in [1.29, 1.82) is 0 Å². The average molecular weight is 290 g/mol. The van der Waals surface area contributed by atoms with Crippen molar-refractivity contribution in [3.8, 4) is 0 Å². The standard InChI is InChI=1S/C11H14BrClN2/c12-9-4-8(5-10(13)6-9)11(15-14)3-7-1-2-7/h4-7,11,15H,1-3,14H2. The van der Waals surface area contributed by atoms with Gasteiger partial charge in [-0.15, -0.1) is 0 Å². The second-order valence-corrected chi connectivity index (χ2v) is 5.45.